The van der Waals surface area contributed by atoms with Gasteiger partial charge in [-0.25, -0.2) is 9.97 Å². The van der Waals surface area contributed by atoms with Crippen LogP contribution in [0.5, 0.6) is 0 Å². The molecule has 0 radical (unpaired) electrons. The van der Waals surface area contributed by atoms with Crippen molar-refractivity contribution in [2.75, 3.05) is 5.32 Å². The summed E-state index contributed by atoms with van der Waals surface area (Å²) < 4.78 is 2.88. The lowest BCUT2D eigenvalue weighted by Gasteiger charge is -2.09. The van der Waals surface area contributed by atoms with Crippen molar-refractivity contribution in [3.05, 3.63) is 59.1 Å². The van der Waals surface area contributed by atoms with Crippen LogP contribution in [0, 0.1) is 4.77 Å². The number of imidazole rings is 1. The SMILES string of the molecule is CCCn1c(=S)[nH]c2cc3c(NCc4ccccc4)ncnc3cc21. The van der Waals surface area contributed by atoms with Gasteiger partial charge in [0.25, 0.3) is 0 Å². The third-order valence-corrected chi connectivity index (χ3v) is 4.60. The van der Waals surface area contributed by atoms with E-state index in [2.05, 4.69) is 56.0 Å². The molecule has 0 aliphatic carbocycles. The number of hydrogen-bond donors (Lipinski definition) is 2. The van der Waals surface area contributed by atoms with E-state index in [0.717, 1.165) is 52.0 Å². The van der Waals surface area contributed by atoms with Gasteiger partial charge in [-0.05, 0) is 36.3 Å². The number of benzene rings is 2. The lowest BCUT2D eigenvalue weighted by molar-refractivity contribution is 0.689. The Hall–Kier alpha value is -2.73. The number of nitrogens with zero attached hydrogens (tertiary/aromatic N) is 3. The Bertz CT molecular complexity index is 1080. The fraction of sp³-hybridized carbons (Fsp3) is 0.211. The van der Waals surface area contributed by atoms with Crippen LogP contribution in [0.2, 0.25) is 0 Å². The predicted molar refractivity (Wildman–Crippen MR) is 104 cm³/mol. The fourth-order valence-electron chi connectivity index (χ4n) is 3.08. The molecule has 126 valence electrons. The molecule has 5 nitrogen and oxygen atoms in total. The molecule has 6 heteroatoms. The zero-order chi connectivity index (χ0) is 17.2. The van der Waals surface area contributed by atoms with Gasteiger partial charge in [0, 0.05) is 18.5 Å². The Morgan fingerprint density at radius 1 is 1.16 bits per heavy atom. The molecule has 0 saturated heterocycles. The number of nitrogens with one attached hydrogen (secondary N) is 2. The van der Waals surface area contributed by atoms with E-state index < -0.39 is 0 Å². The summed E-state index contributed by atoms with van der Waals surface area (Å²) in [6, 6.07) is 14.4. The predicted octanol–water partition coefficient (Wildman–Crippen LogP) is 4.66. The Labute approximate surface area is 150 Å². The minimum Gasteiger partial charge on any atom is -0.365 e. The lowest BCUT2D eigenvalue weighted by Crippen LogP contribution is -2.02. The van der Waals surface area contributed by atoms with E-state index in [1.807, 2.05) is 18.2 Å². The van der Waals surface area contributed by atoms with Crippen LogP contribution in [-0.4, -0.2) is 19.5 Å². The highest BCUT2D eigenvalue weighted by molar-refractivity contribution is 7.71. The van der Waals surface area contributed by atoms with E-state index in [0.29, 0.717) is 0 Å². The lowest BCUT2D eigenvalue weighted by atomic mass is 10.2. The first-order valence-electron chi connectivity index (χ1n) is 8.41. The first-order valence-corrected chi connectivity index (χ1v) is 8.82. The number of aromatic nitrogens is 4. The van der Waals surface area contributed by atoms with Crippen molar-refractivity contribution in [1.82, 2.24) is 19.5 Å². The quantitative estimate of drug-likeness (QED) is 0.514. The number of H-pyrrole nitrogens is 1. The molecule has 4 aromatic rings. The maximum absolute atomic E-state index is 5.46. The molecule has 0 atom stereocenters. The van der Waals surface area contributed by atoms with Crippen molar-refractivity contribution in [3.8, 4) is 0 Å². The van der Waals surface area contributed by atoms with Gasteiger partial charge in [0.2, 0.25) is 0 Å². The molecule has 2 aromatic carbocycles. The summed E-state index contributed by atoms with van der Waals surface area (Å²) in [6.45, 7) is 3.77. The molecule has 2 aromatic heterocycles. The zero-order valence-corrected chi connectivity index (χ0v) is 14.8. The average Bonchev–Trinajstić information content (AvgIpc) is 2.94. The highest BCUT2D eigenvalue weighted by Gasteiger charge is 2.10. The second kappa shape index (κ2) is 6.64. The number of aryl methyl sites for hydroxylation is 1. The van der Waals surface area contributed by atoms with Gasteiger partial charge in [-0.15, -0.1) is 0 Å². The summed E-state index contributed by atoms with van der Waals surface area (Å²) in [5, 5.41) is 4.41. The minimum absolute atomic E-state index is 0.720. The molecule has 4 rings (SSSR count). The molecule has 0 unspecified atom stereocenters. The second-order valence-corrected chi connectivity index (χ2v) is 6.42. The molecular weight excluding hydrogens is 330 g/mol. The summed E-state index contributed by atoms with van der Waals surface area (Å²) in [5.41, 5.74) is 4.23. The third-order valence-electron chi connectivity index (χ3n) is 4.28. The molecule has 0 bridgehead atoms. The van der Waals surface area contributed by atoms with Crippen LogP contribution in [0.3, 0.4) is 0 Å². The third kappa shape index (κ3) is 3.00. The summed E-state index contributed by atoms with van der Waals surface area (Å²) >= 11 is 5.46. The summed E-state index contributed by atoms with van der Waals surface area (Å²) in [5.74, 6) is 0.832. The first-order chi connectivity index (χ1) is 12.3. The molecule has 2 heterocycles. The Balaban J connectivity index is 1.77. The molecule has 0 aliphatic heterocycles. The normalized spacial score (nSPS) is 11.2. The first kappa shape index (κ1) is 15.8. The van der Waals surface area contributed by atoms with Gasteiger partial charge in [0.15, 0.2) is 4.77 Å². The van der Waals surface area contributed by atoms with E-state index in [1.165, 1.54) is 5.56 Å². The molecule has 0 spiro atoms. The summed E-state index contributed by atoms with van der Waals surface area (Å²) in [7, 11) is 0. The second-order valence-electron chi connectivity index (χ2n) is 6.03. The van der Waals surface area contributed by atoms with Crippen molar-refractivity contribution in [3.63, 3.8) is 0 Å². The van der Waals surface area contributed by atoms with E-state index >= 15 is 0 Å². The Kier molecular flexibility index (Phi) is 4.19. The molecular formula is C19H19N5S. The van der Waals surface area contributed by atoms with Gasteiger partial charge in [0.05, 0.1) is 16.6 Å². The minimum atomic E-state index is 0.720. The van der Waals surface area contributed by atoms with E-state index in [9.17, 15) is 0 Å². The van der Waals surface area contributed by atoms with Crippen LogP contribution in [0.25, 0.3) is 21.9 Å². The number of hydrogen-bond acceptors (Lipinski definition) is 4. The van der Waals surface area contributed by atoms with Crippen molar-refractivity contribution >= 4 is 40.0 Å². The van der Waals surface area contributed by atoms with Crippen LogP contribution < -0.4 is 5.32 Å². The van der Waals surface area contributed by atoms with Crippen LogP contribution in [0.1, 0.15) is 18.9 Å². The largest absolute Gasteiger partial charge is 0.365 e. The van der Waals surface area contributed by atoms with Crippen LogP contribution in [0.4, 0.5) is 5.82 Å². The smallest absolute Gasteiger partial charge is 0.178 e. The molecule has 0 aliphatic rings. The highest BCUT2D eigenvalue weighted by Crippen LogP contribution is 2.26. The van der Waals surface area contributed by atoms with E-state index in [4.69, 9.17) is 12.2 Å². The van der Waals surface area contributed by atoms with Crippen molar-refractivity contribution in [2.45, 2.75) is 26.4 Å². The summed E-state index contributed by atoms with van der Waals surface area (Å²) in [6.07, 6.45) is 2.64. The van der Waals surface area contributed by atoms with Crippen LogP contribution in [-0.2, 0) is 13.1 Å². The topological polar surface area (TPSA) is 58.5 Å². The summed E-state index contributed by atoms with van der Waals surface area (Å²) in [4.78, 5) is 12.2. The van der Waals surface area contributed by atoms with Gasteiger partial charge in [-0.1, -0.05) is 37.3 Å². The number of aromatic amines is 1. The zero-order valence-electron chi connectivity index (χ0n) is 14.0. The number of anilines is 1. The number of fused-ring (bicyclic) bond motifs is 2. The fourth-order valence-corrected chi connectivity index (χ4v) is 3.38. The van der Waals surface area contributed by atoms with Crippen molar-refractivity contribution in [2.24, 2.45) is 0 Å². The van der Waals surface area contributed by atoms with Gasteiger partial charge in [-0.2, -0.15) is 0 Å². The maximum Gasteiger partial charge on any atom is 0.178 e. The standard InChI is InChI=1S/C19H19N5S/c1-2-8-24-17-10-15-14(9-16(17)23-19(24)25)18(22-12-21-15)20-11-13-6-4-3-5-7-13/h3-7,9-10,12H,2,8,11H2,1H3,(H,23,25)(H,20,21,22). The highest BCUT2D eigenvalue weighted by atomic mass is 32.1. The van der Waals surface area contributed by atoms with E-state index in [-0.39, 0.29) is 0 Å². The molecule has 0 saturated carbocycles. The van der Waals surface area contributed by atoms with Crippen molar-refractivity contribution in [1.29, 1.82) is 0 Å². The molecule has 0 amide bonds. The van der Waals surface area contributed by atoms with Gasteiger partial charge in [-0.3, -0.25) is 0 Å². The Morgan fingerprint density at radius 2 is 2.00 bits per heavy atom. The van der Waals surface area contributed by atoms with Gasteiger partial charge >= 0.3 is 0 Å². The molecule has 2 N–H and O–H groups in total. The van der Waals surface area contributed by atoms with Crippen molar-refractivity contribution < 1.29 is 0 Å². The van der Waals surface area contributed by atoms with Gasteiger partial charge in [0.1, 0.15) is 12.1 Å². The average molecular weight is 349 g/mol. The van der Waals surface area contributed by atoms with E-state index in [1.54, 1.807) is 6.33 Å². The Morgan fingerprint density at radius 3 is 2.80 bits per heavy atom. The number of rotatable bonds is 5. The van der Waals surface area contributed by atoms with Crippen LogP contribution in [0.15, 0.2) is 48.8 Å². The molecule has 25 heavy (non-hydrogen) atoms. The maximum atomic E-state index is 5.46. The van der Waals surface area contributed by atoms with Gasteiger partial charge < -0.3 is 14.9 Å². The molecule has 0 fully saturated rings. The van der Waals surface area contributed by atoms with Crippen LogP contribution >= 0.6 is 12.2 Å². The monoisotopic (exact) mass is 349 g/mol.